The number of amides is 2. The second-order valence-electron chi connectivity index (χ2n) is 5.73. The van der Waals surface area contributed by atoms with Gasteiger partial charge in [-0.1, -0.05) is 6.07 Å². The van der Waals surface area contributed by atoms with Gasteiger partial charge in [-0.25, -0.2) is 0 Å². The maximum atomic E-state index is 12.2. The Morgan fingerprint density at radius 3 is 2.91 bits per heavy atom. The highest BCUT2D eigenvalue weighted by Gasteiger charge is 2.25. The van der Waals surface area contributed by atoms with Crippen molar-refractivity contribution < 1.29 is 14.3 Å². The van der Waals surface area contributed by atoms with Crippen LogP contribution in [0.15, 0.2) is 18.2 Å². The molecule has 2 rings (SSSR count). The van der Waals surface area contributed by atoms with Crippen LogP contribution in [0.2, 0.25) is 0 Å². The third-order valence-electron chi connectivity index (χ3n) is 3.90. The van der Waals surface area contributed by atoms with E-state index < -0.39 is 0 Å². The first-order valence-corrected chi connectivity index (χ1v) is 7.45. The topological polar surface area (TPSA) is 84.7 Å². The van der Waals surface area contributed by atoms with Gasteiger partial charge in [-0.2, -0.15) is 0 Å². The number of piperidine rings is 1. The molecule has 1 fully saturated rings. The van der Waals surface area contributed by atoms with Crippen molar-refractivity contribution in [2.75, 3.05) is 32.1 Å². The number of nitrogens with zero attached hydrogens (tertiary/aromatic N) is 1. The van der Waals surface area contributed by atoms with Gasteiger partial charge in [-0.3, -0.25) is 14.5 Å². The van der Waals surface area contributed by atoms with Gasteiger partial charge in [0.2, 0.25) is 11.8 Å². The summed E-state index contributed by atoms with van der Waals surface area (Å²) < 4.78 is 5.25. The zero-order chi connectivity index (χ0) is 16.1. The normalized spacial score (nSPS) is 18.7. The van der Waals surface area contributed by atoms with E-state index in [1.807, 2.05) is 30.0 Å². The number of primary amides is 1. The quantitative estimate of drug-likeness (QED) is 0.854. The van der Waals surface area contributed by atoms with Crippen LogP contribution < -0.4 is 15.8 Å². The molecule has 2 amide bonds. The number of carbonyl (C=O) groups excluding carboxylic acids is 2. The molecule has 6 nitrogen and oxygen atoms in total. The van der Waals surface area contributed by atoms with Gasteiger partial charge in [0, 0.05) is 6.54 Å². The molecule has 1 aromatic rings. The van der Waals surface area contributed by atoms with Crippen molar-refractivity contribution in [1.82, 2.24) is 4.90 Å². The average molecular weight is 305 g/mol. The molecular weight excluding hydrogens is 282 g/mol. The van der Waals surface area contributed by atoms with Gasteiger partial charge in [0.05, 0.1) is 25.3 Å². The Morgan fingerprint density at radius 1 is 1.45 bits per heavy atom. The van der Waals surface area contributed by atoms with Crippen molar-refractivity contribution in [1.29, 1.82) is 0 Å². The van der Waals surface area contributed by atoms with E-state index >= 15 is 0 Å². The molecular formula is C16H23N3O3. The second kappa shape index (κ2) is 7.26. The summed E-state index contributed by atoms with van der Waals surface area (Å²) in [5, 5.41) is 2.87. The highest BCUT2D eigenvalue weighted by atomic mass is 16.5. The van der Waals surface area contributed by atoms with Gasteiger partial charge in [0.25, 0.3) is 0 Å². The summed E-state index contributed by atoms with van der Waals surface area (Å²) >= 11 is 0. The lowest BCUT2D eigenvalue weighted by molar-refractivity contribution is -0.125. The number of likely N-dealkylation sites (tertiary alicyclic amines) is 1. The summed E-state index contributed by atoms with van der Waals surface area (Å²) in [5.41, 5.74) is 7.06. The summed E-state index contributed by atoms with van der Waals surface area (Å²) in [7, 11) is 1.57. The predicted molar refractivity (Wildman–Crippen MR) is 84.7 cm³/mol. The number of hydrogen-bond acceptors (Lipinski definition) is 4. The molecule has 6 heteroatoms. The highest BCUT2D eigenvalue weighted by molar-refractivity contribution is 5.93. The average Bonchev–Trinajstić information content (AvgIpc) is 2.47. The minimum atomic E-state index is -0.287. The number of nitrogens with one attached hydrogen (secondary N) is 1. The molecule has 0 saturated carbocycles. The molecule has 1 aliphatic rings. The van der Waals surface area contributed by atoms with Crippen molar-refractivity contribution in [3.8, 4) is 5.75 Å². The third kappa shape index (κ3) is 4.21. The minimum Gasteiger partial charge on any atom is -0.495 e. The van der Waals surface area contributed by atoms with Crippen LogP contribution in [0.4, 0.5) is 5.69 Å². The van der Waals surface area contributed by atoms with E-state index in [1.54, 1.807) is 7.11 Å². The van der Waals surface area contributed by atoms with Gasteiger partial charge >= 0.3 is 0 Å². The summed E-state index contributed by atoms with van der Waals surface area (Å²) in [4.78, 5) is 25.5. The predicted octanol–water partition coefficient (Wildman–Crippen LogP) is 1.14. The molecule has 120 valence electrons. The number of ether oxygens (including phenoxy) is 1. The van der Waals surface area contributed by atoms with Crippen LogP contribution in [-0.2, 0) is 9.59 Å². The molecule has 0 bridgehead atoms. The van der Waals surface area contributed by atoms with Gasteiger partial charge < -0.3 is 15.8 Å². The number of benzene rings is 1. The molecule has 1 aromatic carbocycles. The van der Waals surface area contributed by atoms with Crippen LogP contribution in [0.1, 0.15) is 18.4 Å². The van der Waals surface area contributed by atoms with E-state index in [0.717, 1.165) is 24.9 Å². The maximum absolute atomic E-state index is 12.2. The second-order valence-corrected chi connectivity index (χ2v) is 5.73. The lowest BCUT2D eigenvalue weighted by atomic mass is 9.97. The summed E-state index contributed by atoms with van der Waals surface area (Å²) in [6.07, 6.45) is 1.69. The molecule has 0 radical (unpaired) electrons. The number of carbonyl (C=O) groups is 2. The van der Waals surface area contributed by atoms with E-state index in [1.165, 1.54) is 0 Å². The molecule has 1 aliphatic heterocycles. The van der Waals surface area contributed by atoms with E-state index in [0.29, 0.717) is 18.0 Å². The Morgan fingerprint density at radius 2 is 2.23 bits per heavy atom. The summed E-state index contributed by atoms with van der Waals surface area (Å²) in [6.45, 7) is 3.56. The molecule has 0 aliphatic carbocycles. The molecule has 22 heavy (non-hydrogen) atoms. The highest BCUT2D eigenvalue weighted by Crippen LogP contribution is 2.25. The van der Waals surface area contributed by atoms with Gasteiger partial charge in [0.15, 0.2) is 0 Å². The van der Waals surface area contributed by atoms with Crippen LogP contribution >= 0.6 is 0 Å². The smallest absolute Gasteiger partial charge is 0.238 e. The van der Waals surface area contributed by atoms with Gasteiger partial charge in [-0.15, -0.1) is 0 Å². The number of anilines is 1. The number of nitrogens with two attached hydrogens (primary N) is 1. The molecule has 0 spiro atoms. The lowest BCUT2D eigenvalue weighted by Gasteiger charge is -2.30. The molecule has 0 aromatic heterocycles. The van der Waals surface area contributed by atoms with Crippen LogP contribution in [-0.4, -0.2) is 43.5 Å². The van der Waals surface area contributed by atoms with Crippen molar-refractivity contribution in [2.45, 2.75) is 19.8 Å². The first kappa shape index (κ1) is 16.3. The Labute approximate surface area is 130 Å². The fraction of sp³-hybridized carbons (Fsp3) is 0.500. The van der Waals surface area contributed by atoms with Gasteiger partial charge in [0.1, 0.15) is 5.75 Å². The minimum absolute atomic E-state index is 0.117. The maximum Gasteiger partial charge on any atom is 0.238 e. The summed E-state index contributed by atoms with van der Waals surface area (Å²) in [6, 6.07) is 5.63. The Balaban J connectivity index is 1.95. The van der Waals surface area contributed by atoms with E-state index in [2.05, 4.69) is 5.32 Å². The Kier molecular flexibility index (Phi) is 5.38. The van der Waals surface area contributed by atoms with E-state index in [-0.39, 0.29) is 24.3 Å². The molecule has 1 atom stereocenters. The number of methoxy groups -OCH3 is 1. The third-order valence-corrected chi connectivity index (χ3v) is 3.90. The number of rotatable bonds is 5. The Hall–Kier alpha value is -2.08. The SMILES string of the molecule is COc1ccc(C)cc1NC(=O)CN1CCC[C@@H](C(N)=O)C1. The zero-order valence-corrected chi connectivity index (χ0v) is 13.1. The number of aryl methyl sites for hydroxylation is 1. The molecule has 1 saturated heterocycles. The van der Waals surface area contributed by atoms with E-state index in [9.17, 15) is 9.59 Å². The molecule has 1 heterocycles. The van der Waals surface area contributed by atoms with Crippen LogP contribution in [0.5, 0.6) is 5.75 Å². The fourth-order valence-electron chi connectivity index (χ4n) is 2.74. The summed E-state index contributed by atoms with van der Waals surface area (Å²) in [5.74, 6) is 0.0714. The van der Waals surface area contributed by atoms with Crippen molar-refractivity contribution in [2.24, 2.45) is 11.7 Å². The lowest BCUT2D eigenvalue weighted by Crippen LogP contribution is -2.44. The molecule has 3 N–H and O–H groups in total. The zero-order valence-electron chi connectivity index (χ0n) is 13.1. The standard InChI is InChI=1S/C16H23N3O3/c1-11-5-6-14(22-2)13(8-11)18-15(20)10-19-7-3-4-12(9-19)16(17)21/h5-6,8,12H,3-4,7,9-10H2,1-2H3,(H2,17,21)(H,18,20)/t12-/m1/s1. The van der Waals surface area contributed by atoms with Crippen molar-refractivity contribution in [3.63, 3.8) is 0 Å². The van der Waals surface area contributed by atoms with Crippen LogP contribution in [0.25, 0.3) is 0 Å². The van der Waals surface area contributed by atoms with E-state index in [4.69, 9.17) is 10.5 Å². The van der Waals surface area contributed by atoms with Crippen molar-refractivity contribution in [3.05, 3.63) is 23.8 Å². The first-order valence-electron chi connectivity index (χ1n) is 7.45. The van der Waals surface area contributed by atoms with Crippen LogP contribution in [0.3, 0.4) is 0 Å². The van der Waals surface area contributed by atoms with Crippen molar-refractivity contribution >= 4 is 17.5 Å². The van der Waals surface area contributed by atoms with Crippen LogP contribution in [0, 0.1) is 12.8 Å². The largest absolute Gasteiger partial charge is 0.495 e. The van der Waals surface area contributed by atoms with Gasteiger partial charge in [-0.05, 0) is 44.0 Å². The first-order chi connectivity index (χ1) is 10.5. The Bertz CT molecular complexity index is 560. The molecule has 0 unspecified atom stereocenters. The monoisotopic (exact) mass is 305 g/mol. The fourth-order valence-corrected chi connectivity index (χ4v) is 2.74. The number of hydrogen-bond donors (Lipinski definition) is 2.